The van der Waals surface area contributed by atoms with E-state index >= 15 is 0 Å². The molecule has 0 spiro atoms. The Kier molecular flexibility index (Phi) is 7.69. The molecule has 0 fully saturated rings. The van der Waals surface area contributed by atoms with Gasteiger partial charge in [-0.1, -0.05) is 43.8 Å². The Hall–Kier alpha value is -2.35. The molecule has 0 saturated heterocycles. The summed E-state index contributed by atoms with van der Waals surface area (Å²) in [5, 5.41) is 11.7. The molecule has 1 heterocycles. The van der Waals surface area contributed by atoms with Crippen molar-refractivity contribution in [3.8, 4) is 0 Å². The Labute approximate surface area is 133 Å². The van der Waals surface area contributed by atoms with Gasteiger partial charge in [0.1, 0.15) is 6.33 Å². The molecule has 0 aliphatic carbocycles. The number of aryl methyl sites for hydroxylation is 1. The SMILES string of the molecule is CC.Cc1ccccc1NC(=O)NC(=O)CSc1ncn[nH]1. The largest absolute Gasteiger partial charge is 0.325 e. The van der Waals surface area contributed by atoms with Crippen LogP contribution in [0.5, 0.6) is 0 Å². The standard InChI is InChI=1S/C12H13N5O2S.C2H6/c1-8-4-2-3-5-9(8)15-11(19)16-10(18)6-20-12-13-7-14-17-12;1-2/h2-5,7H,6H2,1H3,(H,13,14,17)(H2,15,16,18,19);1-2H3. The molecule has 0 aliphatic heterocycles. The van der Waals surface area contributed by atoms with E-state index < -0.39 is 11.9 Å². The lowest BCUT2D eigenvalue weighted by Gasteiger charge is -2.08. The molecule has 22 heavy (non-hydrogen) atoms. The second kappa shape index (κ2) is 9.56. The van der Waals surface area contributed by atoms with Crippen molar-refractivity contribution in [2.24, 2.45) is 0 Å². The molecular formula is C14H19N5O2S. The number of hydrogen-bond acceptors (Lipinski definition) is 5. The highest BCUT2D eigenvalue weighted by Crippen LogP contribution is 2.13. The summed E-state index contributed by atoms with van der Waals surface area (Å²) in [6, 6.07) is 6.77. The van der Waals surface area contributed by atoms with E-state index in [2.05, 4.69) is 25.8 Å². The molecule has 2 rings (SSSR count). The molecule has 0 radical (unpaired) electrons. The van der Waals surface area contributed by atoms with Crippen molar-refractivity contribution in [3.63, 3.8) is 0 Å². The Bertz CT molecular complexity index is 601. The van der Waals surface area contributed by atoms with E-state index in [0.29, 0.717) is 10.8 Å². The van der Waals surface area contributed by atoms with E-state index in [4.69, 9.17) is 0 Å². The van der Waals surface area contributed by atoms with Gasteiger partial charge in [-0.15, -0.1) is 0 Å². The van der Waals surface area contributed by atoms with Gasteiger partial charge in [-0.25, -0.2) is 9.78 Å². The zero-order valence-corrected chi connectivity index (χ0v) is 13.5. The number of carbonyl (C=O) groups excluding carboxylic acids is 2. The zero-order chi connectivity index (χ0) is 16.4. The lowest BCUT2D eigenvalue weighted by molar-refractivity contribution is -0.117. The van der Waals surface area contributed by atoms with Crippen LogP contribution in [0, 0.1) is 6.92 Å². The van der Waals surface area contributed by atoms with Crippen LogP contribution in [0.15, 0.2) is 35.7 Å². The van der Waals surface area contributed by atoms with E-state index in [1.165, 1.54) is 18.1 Å². The van der Waals surface area contributed by atoms with Crippen LogP contribution in [0.4, 0.5) is 10.5 Å². The molecule has 118 valence electrons. The van der Waals surface area contributed by atoms with Crippen molar-refractivity contribution in [1.82, 2.24) is 20.5 Å². The van der Waals surface area contributed by atoms with Crippen molar-refractivity contribution in [1.29, 1.82) is 0 Å². The molecule has 3 N–H and O–H groups in total. The first-order chi connectivity index (χ1) is 10.6. The van der Waals surface area contributed by atoms with Crippen LogP contribution in [0.2, 0.25) is 0 Å². The third-order valence-electron chi connectivity index (χ3n) is 2.38. The number of amides is 3. The van der Waals surface area contributed by atoms with Crippen molar-refractivity contribution in [2.45, 2.75) is 25.9 Å². The third-order valence-corrected chi connectivity index (χ3v) is 3.26. The summed E-state index contributed by atoms with van der Waals surface area (Å²) in [6.07, 6.45) is 1.35. The Morgan fingerprint density at radius 1 is 1.27 bits per heavy atom. The number of anilines is 1. The molecule has 1 aromatic carbocycles. The van der Waals surface area contributed by atoms with Gasteiger partial charge in [0.15, 0.2) is 5.16 Å². The third kappa shape index (κ3) is 5.96. The van der Waals surface area contributed by atoms with E-state index in [-0.39, 0.29) is 5.75 Å². The smallest absolute Gasteiger partial charge is 0.307 e. The Morgan fingerprint density at radius 3 is 2.64 bits per heavy atom. The predicted molar refractivity (Wildman–Crippen MR) is 86.8 cm³/mol. The van der Waals surface area contributed by atoms with E-state index in [9.17, 15) is 9.59 Å². The Balaban J connectivity index is 0.00000116. The lowest BCUT2D eigenvalue weighted by Crippen LogP contribution is -2.35. The number of carbonyl (C=O) groups is 2. The minimum Gasteiger partial charge on any atom is -0.307 e. The molecular weight excluding hydrogens is 302 g/mol. The van der Waals surface area contributed by atoms with Gasteiger partial charge in [-0.2, -0.15) is 5.10 Å². The highest BCUT2D eigenvalue weighted by Gasteiger charge is 2.10. The first kappa shape index (κ1) is 17.7. The molecule has 8 heteroatoms. The van der Waals surface area contributed by atoms with E-state index in [0.717, 1.165) is 5.56 Å². The summed E-state index contributed by atoms with van der Waals surface area (Å²) in [5.41, 5.74) is 1.59. The van der Waals surface area contributed by atoms with Gasteiger partial charge in [0.05, 0.1) is 5.75 Å². The first-order valence-corrected chi connectivity index (χ1v) is 7.78. The number of urea groups is 1. The van der Waals surface area contributed by atoms with E-state index in [1.807, 2.05) is 39.0 Å². The summed E-state index contributed by atoms with van der Waals surface area (Å²) in [4.78, 5) is 27.1. The van der Waals surface area contributed by atoms with Crippen LogP contribution < -0.4 is 10.6 Å². The highest BCUT2D eigenvalue weighted by atomic mass is 32.2. The van der Waals surface area contributed by atoms with Crippen molar-refractivity contribution in [2.75, 3.05) is 11.1 Å². The van der Waals surface area contributed by atoms with E-state index in [1.54, 1.807) is 6.07 Å². The number of aromatic amines is 1. The topological polar surface area (TPSA) is 99.8 Å². The van der Waals surface area contributed by atoms with Crippen LogP contribution in [0.1, 0.15) is 19.4 Å². The van der Waals surface area contributed by atoms with Gasteiger partial charge in [0, 0.05) is 5.69 Å². The molecule has 3 amide bonds. The normalized spacial score (nSPS) is 9.41. The number of rotatable bonds is 4. The number of nitrogens with zero attached hydrogens (tertiary/aromatic N) is 2. The number of hydrogen-bond donors (Lipinski definition) is 3. The number of thioether (sulfide) groups is 1. The van der Waals surface area contributed by atoms with Crippen LogP contribution in [-0.4, -0.2) is 32.9 Å². The molecule has 7 nitrogen and oxygen atoms in total. The Morgan fingerprint density at radius 2 is 2.00 bits per heavy atom. The monoisotopic (exact) mass is 321 g/mol. The molecule has 0 unspecified atom stereocenters. The molecule has 0 aliphatic rings. The minimum atomic E-state index is -0.553. The van der Waals surface area contributed by atoms with Crippen molar-refractivity contribution >= 4 is 29.4 Å². The summed E-state index contributed by atoms with van der Waals surface area (Å²) in [6.45, 7) is 5.87. The maximum Gasteiger partial charge on any atom is 0.325 e. The fourth-order valence-electron chi connectivity index (χ4n) is 1.43. The fraction of sp³-hybridized carbons (Fsp3) is 0.286. The predicted octanol–water partition coefficient (Wildman–Crippen LogP) is 2.58. The van der Waals surface area contributed by atoms with Gasteiger partial charge >= 0.3 is 6.03 Å². The molecule has 0 bridgehead atoms. The molecule has 0 saturated carbocycles. The molecule has 2 aromatic rings. The van der Waals surface area contributed by atoms with Gasteiger partial charge in [0.25, 0.3) is 0 Å². The second-order valence-electron chi connectivity index (χ2n) is 3.90. The van der Waals surface area contributed by atoms with Crippen molar-refractivity contribution in [3.05, 3.63) is 36.2 Å². The molecule has 0 atom stereocenters. The van der Waals surface area contributed by atoms with Crippen LogP contribution >= 0.6 is 11.8 Å². The van der Waals surface area contributed by atoms with Crippen LogP contribution in [0.25, 0.3) is 0 Å². The number of H-pyrrole nitrogens is 1. The number of nitrogens with one attached hydrogen (secondary N) is 3. The van der Waals surface area contributed by atoms with Crippen molar-refractivity contribution < 1.29 is 9.59 Å². The average molecular weight is 321 g/mol. The average Bonchev–Trinajstić information content (AvgIpc) is 3.03. The summed E-state index contributed by atoms with van der Waals surface area (Å²) in [7, 11) is 0. The number of benzene rings is 1. The quantitative estimate of drug-likeness (QED) is 0.752. The lowest BCUT2D eigenvalue weighted by atomic mass is 10.2. The molecule has 1 aromatic heterocycles. The number of para-hydroxylation sites is 1. The van der Waals surface area contributed by atoms with Crippen LogP contribution in [0.3, 0.4) is 0 Å². The maximum absolute atomic E-state index is 11.6. The maximum atomic E-state index is 11.6. The van der Waals surface area contributed by atoms with Gasteiger partial charge in [-0.3, -0.25) is 15.2 Å². The second-order valence-corrected chi connectivity index (χ2v) is 4.86. The summed E-state index contributed by atoms with van der Waals surface area (Å²) < 4.78 is 0. The summed E-state index contributed by atoms with van der Waals surface area (Å²) in [5.74, 6) is -0.325. The highest BCUT2D eigenvalue weighted by molar-refractivity contribution is 7.99. The minimum absolute atomic E-state index is 0.0797. The van der Waals surface area contributed by atoms with Gasteiger partial charge < -0.3 is 5.32 Å². The number of imide groups is 1. The van der Waals surface area contributed by atoms with Crippen LogP contribution in [-0.2, 0) is 4.79 Å². The number of aromatic nitrogens is 3. The van der Waals surface area contributed by atoms with Gasteiger partial charge in [0.2, 0.25) is 5.91 Å². The summed E-state index contributed by atoms with van der Waals surface area (Å²) >= 11 is 1.17. The van der Waals surface area contributed by atoms with Gasteiger partial charge in [-0.05, 0) is 18.6 Å². The fourth-order valence-corrected chi connectivity index (χ4v) is 2.01. The first-order valence-electron chi connectivity index (χ1n) is 6.80. The zero-order valence-electron chi connectivity index (χ0n) is 12.7.